The van der Waals surface area contributed by atoms with Gasteiger partial charge in [-0.15, -0.1) is 0 Å². The fraction of sp³-hybridized carbons (Fsp3) is 0.0588. The van der Waals surface area contributed by atoms with Crippen LogP contribution in [-0.2, 0) is 0 Å². The van der Waals surface area contributed by atoms with E-state index in [0.29, 0.717) is 16.9 Å². The molecule has 1 heterocycles. The normalized spacial score (nSPS) is 10.8. The molecule has 3 nitrogen and oxygen atoms in total. The second-order valence-corrected chi connectivity index (χ2v) is 4.57. The second-order valence-electron chi connectivity index (χ2n) is 4.57. The Balaban J connectivity index is 2.21. The van der Waals surface area contributed by atoms with Gasteiger partial charge in [-0.1, -0.05) is 36.4 Å². The minimum Gasteiger partial charge on any atom is -0.508 e. The van der Waals surface area contributed by atoms with Crippen molar-refractivity contribution in [1.29, 1.82) is 0 Å². The summed E-state index contributed by atoms with van der Waals surface area (Å²) in [6, 6.07) is 17.8. The Labute approximate surface area is 116 Å². The third kappa shape index (κ3) is 2.14. The third-order valence-corrected chi connectivity index (χ3v) is 3.32. The Kier molecular flexibility index (Phi) is 3.17. The van der Waals surface area contributed by atoms with Gasteiger partial charge >= 0.3 is 0 Å². The van der Waals surface area contributed by atoms with Crippen LogP contribution in [0.2, 0.25) is 0 Å². The Bertz CT molecular complexity index is 656. The SMILES string of the molecule is Oc1ccccc1C(c1ccco1)c1ccccc1O. The quantitative estimate of drug-likeness (QED) is 0.756. The van der Waals surface area contributed by atoms with E-state index in [1.807, 2.05) is 30.3 Å². The van der Waals surface area contributed by atoms with Crippen molar-refractivity contribution < 1.29 is 14.6 Å². The van der Waals surface area contributed by atoms with Crippen LogP contribution in [0.4, 0.5) is 0 Å². The molecule has 3 heteroatoms. The molecule has 0 aliphatic rings. The molecule has 0 unspecified atom stereocenters. The zero-order valence-corrected chi connectivity index (χ0v) is 10.7. The van der Waals surface area contributed by atoms with Crippen LogP contribution in [-0.4, -0.2) is 10.2 Å². The van der Waals surface area contributed by atoms with E-state index >= 15 is 0 Å². The Morgan fingerprint density at radius 1 is 0.700 bits per heavy atom. The van der Waals surface area contributed by atoms with Gasteiger partial charge in [-0.2, -0.15) is 0 Å². The maximum atomic E-state index is 10.1. The van der Waals surface area contributed by atoms with Crippen molar-refractivity contribution in [2.24, 2.45) is 0 Å². The zero-order valence-electron chi connectivity index (χ0n) is 10.7. The zero-order chi connectivity index (χ0) is 13.9. The maximum Gasteiger partial charge on any atom is 0.119 e. The number of aromatic hydroxyl groups is 2. The molecule has 0 aliphatic heterocycles. The lowest BCUT2D eigenvalue weighted by molar-refractivity contribution is 0.443. The summed E-state index contributed by atoms with van der Waals surface area (Å²) < 4.78 is 5.49. The number of phenols is 2. The van der Waals surface area contributed by atoms with Crippen LogP contribution in [0.5, 0.6) is 11.5 Å². The molecule has 0 spiro atoms. The first-order chi connectivity index (χ1) is 9.77. The van der Waals surface area contributed by atoms with Crippen LogP contribution >= 0.6 is 0 Å². The van der Waals surface area contributed by atoms with E-state index < -0.39 is 0 Å². The lowest BCUT2D eigenvalue weighted by Crippen LogP contribution is -2.02. The number of benzene rings is 2. The van der Waals surface area contributed by atoms with Crippen molar-refractivity contribution in [3.63, 3.8) is 0 Å². The first kappa shape index (κ1) is 12.4. The first-order valence-corrected chi connectivity index (χ1v) is 6.36. The molecule has 0 saturated heterocycles. The van der Waals surface area contributed by atoms with Crippen molar-refractivity contribution in [2.75, 3.05) is 0 Å². The standard InChI is InChI=1S/C17H14O3/c18-14-8-3-1-6-12(14)17(16-10-5-11-20-16)13-7-2-4-9-15(13)19/h1-11,17-19H. The van der Waals surface area contributed by atoms with Gasteiger partial charge in [0.25, 0.3) is 0 Å². The second kappa shape index (κ2) is 5.13. The van der Waals surface area contributed by atoms with Crippen LogP contribution in [0.1, 0.15) is 22.8 Å². The molecule has 1 aromatic heterocycles. The van der Waals surface area contributed by atoms with Crippen LogP contribution < -0.4 is 0 Å². The highest BCUT2D eigenvalue weighted by Crippen LogP contribution is 2.40. The molecule has 0 bridgehead atoms. The minimum atomic E-state index is -0.340. The Hall–Kier alpha value is -2.68. The fourth-order valence-electron chi connectivity index (χ4n) is 2.39. The summed E-state index contributed by atoms with van der Waals surface area (Å²) in [4.78, 5) is 0. The van der Waals surface area contributed by atoms with E-state index in [0.717, 1.165) is 0 Å². The summed E-state index contributed by atoms with van der Waals surface area (Å²) in [5.74, 6) is 0.690. The summed E-state index contributed by atoms with van der Waals surface area (Å²) in [6.07, 6.45) is 1.59. The van der Waals surface area contributed by atoms with E-state index in [1.54, 1.807) is 36.6 Å². The van der Waals surface area contributed by atoms with E-state index in [-0.39, 0.29) is 17.4 Å². The summed E-state index contributed by atoms with van der Waals surface area (Å²) in [5.41, 5.74) is 1.40. The molecule has 0 saturated carbocycles. The Morgan fingerprint density at radius 3 is 1.70 bits per heavy atom. The van der Waals surface area contributed by atoms with Crippen LogP contribution in [0, 0.1) is 0 Å². The van der Waals surface area contributed by atoms with Crippen molar-refractivity contribution in [3.05, 3.63) is 83.8 Å². The summed E-state index contributed by atoms with van der Waals surface area (Å²) in [5, 5.41) is 20.2. The molecule has 2 aromatic carbocycles. The number of para-hydroxylation sites is 2. The molecule has 0 amide bonds. The molecule has 0 fully saturated rings. The first-order valence-electron chi connectivity index (χ1n) is 6.36. The molecule has 0 atom stereocenters. The van der Waals surface area contributed by atoms with Gasteiger partial charge in [-0.05, 0) is 24.3 Å². The van der Waals surface area contributed by atoms with Crippen molar-refractivity contribution in [1.82, 2.24) is 0 Å². The van der Waals surface area contributed by atoms with Crippen molar-refractivity contribution >= 4 is 0 Å². The number of rotatable bonds is 3. The number of hydrogen-bond acceptors (Lipinski definition) is 3. The highest BCUT2D eigenvalue weighted by atomic mass is 16.3. The molecule has 2 N–H and O–H groups in total. The molecular formula is C17H14O3. The van der Waals surface area contributed by atoms with Crippen molar-refractivity contribution in [2.45, 2.75) is 5.92 Å². The van der Waals surface area contributed by atoms with E-state index in [9.17, 15) is 10.2 Å². The summed E-state index contributed by atoms with van der Waals surface area (Å²) in [7, 11) is 0. The smallest absolute Gasteiger partial charge is 0.119 e. The fourth-order valence-corrected chi connectivity index (χ4v) is 2.39. The average Bonchev–Trinajstić information content (AvgIpc) is 2.97. The van der Waals surface area contributed by atoms with Crippen LogP contribution in [0.25, 0.3) is 0 Å². The van der Waals surface area contributed by atoms with Gasteiger partial charge < -0.3 is 14.6 Å². The van der Waals surface area contributed by atoms with Gasteiger partial charge in [-0.3, -0.25) is 0 Å². The molecule has 20 heavy (non-hydrogen) atoms. The van der Waals surface area contributed by atoms with Gasteiger partial charge in [0.1, 0.15) is 17.3 Å². The lowest BCUT2D eigenvalue weighted by atomic mass is 9.88. The van der Waals surface area contributed by atoms with Gasteiger partial charge in [0.05, 0.1) is 12.2 Å². The minimum absolute atomic E-state index is 0.178. The summed E-state index contributed by atoms with van der Waals surface area (Å²) in [6.45, 7) is 0. The van der Waals surface area contributed by atoms with E-state index in [1.165, 1.54) is 0 Å². The third-order valence-electron chi connectivity index (χ3n) is 3.32. The predicted octanol–water partition coefficient (Wildman–Crippen LogP) is 3.87. The summed E-state index contributed by atoms with van der Waals surface area (Å²) >= 11 is 0. The number of hydrogen-bond donors (Lipinski definition) is 2. The van der Waals surface area contributed by atoms with E-state index in [4.69, 9.17) is 4.42 Å². The lowest BCUT2D eigenvalue weighted by Gasteiger charge is -2.18. The number of phenolic OH excluding ortho intramolecular Hbond substituents is 2. The molecule has 100 valence electrons. The molecular weight excluding hydrogens is 252 g/mol. The molecule has 3 aromatic rings. The maximum absolute atomic E-state index is 10.1. The molecule has 3 rings (SSSR count). The molecule has 0 aliphatic carbocycles. The van der Waals surface area contributed by atoms with E-state index in [2.05, 4.69) is 0 Å². The Morgan fingerprint density at radius 2 is 1.25 bits per heavy atom. The number of furan rings is 1. The van der Waals surface area contributed by atoms with Gasteiger partial charge in [-0.25, -0.2) is 0 Å². The monoisotopic (exact) mass is 266 g/mol. The van der Waals surface area contributed by atoms with Gasteiger partial charge in [0.15, 0.2) is 0 Å². The largest absolute Gasteiger partial charge is 0.508 e. The highest BCUT2D eigenvalue weighted by molar-refractivity contribution is 5.50. The molecule has 0 radical (unpaired) electrons. The van der Waals surface area contributed by atoms with Crippen molar-refractivity contribution in [3.8, 4) is 11.5 Å². The van der Waals surface area contributed by atoms with Crippen LogP contribution in [0.3, 0.4) is 0 Å². The van der Waals surface area contributed by atoms with Gasteiger partial charge in [0.2, 0.25) is 0 Å². The highest BCUT2D eigenvalue weighted by Gasteiger charge is 2.24. The van der Waals surface area contributed by atoms with Crippen LogP contribution in [0.15, 0.2) is 71.3 Å². The predicted molar refractivity (Wildman–Crippen MR) is 75.9 cm³/mol. The average molecular weight is 266 g/mol. The topological polar surface area (TPSA) is 53.6 Å². The van der Waals surface area contributed by atoms with Gasteiger partial charge in [0, 0.05) is 11.1 Å².